The molecule has 1 heterocycles. The van der Waals surface area contributed by atoms with Crippen molar-refractivity contribution in [3.05, 3.63) is 93.3 Å². The van der Waals surface area contributed by atoms with Gasteiger partial charge in [-0.25, -0.2) is 4.79 Å². The second kappa shape index (κ2) is 11.3. The minimum Gasteiger partial charge on any atom is -0.493 e. The van der Waals surface area contributed by atoms with Gasteiger partial charge in [-0.05, 0) is 78.9 Å². The zero-order valence-corrected chi connectivity index (χ0v) is 21.1. The first-order chi connectivity index (χ1) is 17.3. The summed E-state index contributed by atoms with van der Waals surface area (Å²) in [6.45, 7) is 2.31. The minimum absolute atomic E-state index is 0.138. The first-order valence-corrected chi connectivity index (χ1v) is 12.1. The van der Waals surface area contributed by atoms with Crippen LogP contribution in [0.25, 0.3) is 6.08 Å². The van der Waals surface area contributed by atoms with Crippen molar-refractivity contribution in [2.75, 3.05) is 20.3 Å². The quantitative estimate of drug-likeness (QED) is 0.204. The molecule has 1 aliphatic rings. The van der Waals surface area contributed by atoms with Gasteiger partial charge < -0.3 is 14.2 Å². The maximum atomic E-state index is 12.8. The van der Waals surface area contributed by atoms with Crippen LogP contribution in [0.5, 0.6) is 17.2 Å². The molecule has 9 heteroatoms. The SMILES string of the molecule is COc1cc(/C=C2\SC(=O)N(CCOc3ccc(C)cc3)C2=O)ccc1OC(=O)c1ccc(Cl)cc1. The highest BCUT2D eigenvalue weighted by molar-refractivity contribution is 8.18. The molecule has 0 unspecified atom stereocenters. The number of methoxy groups -OCH3 is 1. The Bertz CT molecular complexity index is 1320. The fourth-order valence-corrected chi connectivity index (χ4v) is 4.33. The number of carbonyl (C=O) groups is 3. The van der Waals surface area contributed by atoms with E-state index in [9.17, 15) is 14.4 Å². The Morgan fingerprint density at radius 2 is 1.72 bits per heavy atom. The van der Waals surface area contributed by atoms with Crippen molar-refractivity contribution >= 4 is 46.6 Å². The molecule has 3 aromatic carbocycles. The van der Waals surface area contributed by atoms with Crippen molar-refractivity contribution in [3.63, 3.8) is 0 Å². The van der Waals surface area contributed by atoms with Gasteiger partial charge in [-0.3, -0.25) is 14.5 Å². The van der Waals surface area contributed by atoms with Crippen LogP contribution in [0.2, 0.25) is 5.02 Å². The van der Waals surface area contributed by atoms with Crippen molar-refractivity contribution in [1.29, 1.82) is 0 Å². The summed E-state index contributed by atoms with van der Waals surface area (Å²) in [4.78, 5) is 39.1. The molecule has 0 spiro atoms. The van der Waals surface area contributed by atoms with E-state index in [1.165, 1.54) is 7.11 Å². The van der Waals surface area contributed by atoms with Crippen LogP contribution >= 0.6 is 23.4 Å². The highest BCUT2D eigenvalue weighted by atomic mass is 35.5. The van der Waals surface area contributed by atoms with E-state index in [2.05, 4.69) is 0 Å². The van der Waals surface area contributed by atoms with Gasteiger partial charge in [0.25, 0.3) is 11.1 Å². The highest BCUT2D eigenvalue weighted by Gasteiger charge is 2.34. The normalized spacial score (nSPS) is 14.3. The zero-order valence-electron chi connectivity index (χ0n) is 19.5. The van der Waals surface area contributed by atoms with E-state index in [4.69, 9.17) is 25.8 Å². The summed E-state index contributed by atoms with van der Waals surface area (Å²) >= 11 is 6.72. The lowest BCUT2D eigenvalue weighted by Crippen LogP contribution is -2.32. The number of halogens is 1. The summed E-state index contributed by atoms with van der Waals surface area (Å²) in [7, 11) is 1.45. The lowest BCUT2D eigenvalue weighted by Gasteiger charge is -2.13. The van der Waals surface area contributed by atoms with Crippen molar-refractivity contribution in [2.24, 2.45) is 0 Å². The van der Waals surface area contributed by atoms with E-state index >= 15 is 0 Å². The number of hydrogen-bond donors (Lipinski definition) is 0. The van der Waals surface area contributed by atoms with Crippen LogP contribution in [-0.2, 0) is 4.79 Å². The molecule has 3 aromatic rings. The second-order valence-electron chi connectivity index (χ2n) is 7.80. The van der Waals surface area contributed by atoms with Crippen molar-refractivity contribution in [1.82, 2.24) is 4.90 Å². The number of ether oxygens (including phenoxy) is 3. The molecule has 0 saturated carbocycles. The lowest BCUT2D eigenvalue weighted by atomic mass is 10.1. The largest absolute Gasteiger partial charge is 0.493 e. The van der Waals surface area contributed by atoms with Gasteiger partial charge in [0.05, 0.1) is 24.1 Å². The molecule has 2 amide bonds. The molecular formula is C27H22ClNO6S. The fraction of sp³-hybridized carbons (Fsp3) is 0.148. The molecular weight excluding hydrogens is 502 g/mol. The maximum Gasteiger partial charge on any atom is 0.343 e. The summed E-state index contributed by atoms with van der Waals surface area (Å²) in [6.07, 6.45) is 1.60. The Labute approximate surface area is 217 Å². The van der Waals surface area contributed by atoms with Gasteiger partial charge in [-0.2, -0.15) is 0 Å². The van der Waals surface area contributed by atoms with E-state index in [1.54, 1.807) is 48.5 Å². The number of carbonyl (C=O) groups excluding carboxylic acids is 3. The first kappa shape index (κ1) is 25.3. The average molecular weight is 524 g/mol. The summed E-state index contributed by atoms with van der Waals surface area (Å²) in [5, 5.41) is 0.149. The third-order valence-corrected chi connectivity index (χ3v) is 6.41. The molecule has 0 aromatic heterocycles. The van der Waals surface area contributed by atoms with Crippen LogP contribution in [0.4, 0.5) is 4.79 Å². The smallest absolute Gasteiger partial charge is 0.343 e. The molecule has 184 valence electrons. The van der Waals surface area contributed by atoms with Gasteiger partial charge >= 0.3 is 5.97 Å². The standard InChI is InChI=1S/C27H22ClNO6S/c1-17-3-10-21(11-4-17)34-14-13-29-25(30)24(36-27(29)32)16-18-5-12-22(23(15-18)33-2)35-26(31)19-6-8-20(28)9-7-19/h3-12,15-16H,13-14H2,1-2H3/b24-16-. The number of thioether (sulfide) groups is 1. The maximum absolute atomic E-state index is 12.8. The number of aryl methyl sites for hydroxylation is 1. The Hall–Kier alpha value is -3.75. The Morgan fingerprint density at radius 3 is 2.42 bits per heavy atom. The van der Waals surface area contributed by atoms with Gasteiger partial charge in [-0.15, -0.1) is 0 Å². The van der Waals surface area contributed by atoms with E-state index in [0.717, 1.165) is 22.2 Å². The Kier molecular flexibility index (Phi) is 7.97. The average Bonchev–Trinajstić information content (AvgIpc) is 3.13. The third kappa shape index (κ3) is 6.08. The molecule has 1 aliphatic heterocycles. The zero-order chi connectivity index (χ0) is 25.7. The van der Waals surface area contributed by atoms with Gasteiger partial charge in [0, 0.05) is 5.02 Å². The fourth-order valence-electron chi connectivity index (χ4n) is 3.34. The molecule has 0 N–H and O–H groups in total. The van der Waals surface area contributed by atoms with E-state index in [1.807, 2.05) is 31.2 Å². The molecule has 7 nitrogen and oxygen atoms in total. The summed E-state index contributed by atoms with van der Waals surface area (Å²) in [6, 6.07) is 18.7. The second-order valence-corrected chi connectivity index (χ2v) is 9.23. The van der Waals surface area contributed by atoms with Crippen LogP contribution in [0.15, 0.2) is 71.6 Å². The predicted octanol–water partition coefficient (Wildman–Crippen LogP) is 5.99. The summed E-state index contributed by atoms with van der Waals surface area (Å²) in [5.41, 5.74) is 2.06. The number of amides is 2. The van der Waals surface area contributed by atoms with Crippen LogP contribution in [0, 0.1) is 6.92 Å². The van der Waals surface area contributed by atoms with E-state index in [0.29, 0.717) is 27.6 Å². The number of benzene rings is 3. The first-order valence-electron chi connectivity index (χ1n) is 10.9. The minimum atomic E-state index is -0.563. The van der Waals surface area contributed by atoms with Gasteiger partial charge in [0.2, 0.25) is 0 Å². The van der Waals surface area contributed by atoms with Crippen molar-refractivity contribution in [3.8, 4) is 17.2 Å². The lowest BCUT2D eigenvalue weighted by molar-refractivity contribution is -0.123. The number of imide groups is 1. The van der Waals surface area contributed by atoms with Crippen LogP contribution < -0.4 is 14.2 Å². The van der Waals surface area contributed by atoms with Crippen LogP contribution in [0.1, 0.15) is 21.5 Å². The van der Waals surface area contributed by atoms with Gasteiger partial charge in [0.1, 0.15) is 12.4 Å². The van der Waals surface area contributed by atoms with Gasteiger partial charge in [0.15, 0.2) is 11.5 Å². The molecule has 0 atom stereocenters. The number of esters is 1. The molecule has 36 heavy (non-hydrogen) atoms. The highest BCUT2D eigenvalue weighted by Crippen LogP contribution is 2.34. The summed E-state index contributed by atoms with van der Waals surface area (Å²) < 4.78 is 16.5. The van der Waals surface area contributed by atoms with Crippen molar-refractivity contribution in [2.45, 2.75) is 6.92 Å². The molecule has 0 aliphatic carbocycles. The number of hydrogen-bond acceptors (Lipinski definition) is 7. The summed E-state index contributed by atoms with van der Waals surface area (Å²) in [5.74, 6) is 0.237. The number of rotatable bonds is 8. The molecule has 4 rings (SSSR count). The number of nitrogens with zero attached hydrogens (tertiary/aromatic N) is 1. The Morgan fingerprint density at radius 1 is 1.00 bits per heavy atom. The topological polar surface area (TPSA) is 82.1 Å². The van der Waals surface area contributed by atoms with Crippen molar-refractivity contribution < 1.29 is 28.6 Å². The van der Waals surface area contributed by atoms with Crippen LogP contribution in [0.3, 0.4) is 0 Å². The van der Waals surface area contributed by atoms with E-state index in [-0.39, 0.29) is 29.0 Å². The monoisotopic (exact) mass is 523 g/mol. The molecule has 0 bridgehead atoms. The third-order valence-electron chi connectivity index (χ3n) is 5.25. The van der Waals surface area contributed by atoms with Gasteiger partial charge in [-0.1, -0.05) is 35.4 Å². The molecule has 1 fully saturated rings. The van der Waals surface area contributed by atoms with E-state index < -0.39 is 11.9 Å². The molecule has 1 saturated heterocycles. The molecule has 0 radical (unpaired) electrons. The Balaban J connectivity index is 1.41. The predicted molar refractivity (Wildman–Crippen MR) is 139 cm³/mol. The van der Waals surface area contributed by atoms with Crippen LogP contribution in [-0.4, -0.2) is 42.3 Å².